The number of aromatic nitrogens is 2. The number of halogens is 1. The molecule has 6 heteroatoms. The van der Waals surface area contributed by atoms with Gasteiger partial charge in [0.2, 0.25) is 0 Å². The monoisotopic (exact) mass is 310 g/mol. The van der Waals surface area contributed by atoms with Gasteiger partial charge in [0.15, 0.2) is 0 Å². The van der Waals surface area contributed by atoms with Crippen LogP contribution in [0.25, 0.3) is 5.69 Å². The molecule has 0 atom stereocenters. The zero-order valence-electron chi connectivity index (χ0n) is 11.2. The Kier molecular flexibility index (Phi) is 4.73. The Hall–Kier alpha value is -1.46. The van der Waals surface area contributed by atoms with E-state index in [1.165, 1.54) is 11.8 Å². The number of carbonyl (C=O) groups is 1. The summed E-state index contributed by atoms with van der Waals surface area (Å²) in [6.07, 6.45) is 0. The fraction of sp³-hybridized carbons (Fsp3) is 0.286. The Morgan fingerprint density at radius 1 is 1.40 bits per heavy atom. The number of aliphatic carboxylic acids is 1. The quantitative estimate of drug-likeness (QED) is 0.853. The summed E-state index contributed by atoms with van der Waals surface area (Å²) in [5, 5.41) is 14.8. The highest BCUT2D eigenvalue weighted by atomic mass is 35.5. The van der Waals surface area contributed by atoms with Crippen LogP contribution in [0.2, 0.25) is 5.02 Å². The van der Waals surface area contributed by atoms with Crippen molar-refractivity contribution in [3.8, 4) is 5.69 Å². The zero-order valence-corrected chi connectivity index (χ0v) is 12.8. The third kappa shape index (κ3) is 3.55. The molecule has 0 radical (unpaired) electrons. The number of rotatable bonds is 5. The molecular formula is C14H15ClN2O2S. The van der Waals surface area contributed by atoms with E-state index in [2.05, 4.69) is 18.9 Å². The molecule has 1 N–H and O–H groups in total. The Morgan fingerprint density at radius 2 is 2.05 bits per heavy atom. The molecule has 0 amide bonds. The summed E-state index contributed by atoms with van der Waals surface area (Å²) in [6, 6.07) is 9.25. The lowest BCUT2D eigenvalue weighted by Gasteiger charge is -2.06. The third-order valence-electron chi connectivity index (χ3n) is 2.70. The number of benzene rings is 1. The van der Waals surface area contributed by atoms with Crippen molar-refractivity contribution >= 4 is 29.3 Å². The van der Waals surface area contributed by atoms with Gasteiger partial charge in [-0.05, 0) is 36.2 Å². The molecule has 0 bridgehead atoms. The molecule has 2 aromatic rings. The van der Waals surface area contributed by atoms with Crippen molar-refractivity contribution in [2.24, 2.45) is 0 Å². The normalized spacial score (nSPS) is 11.0. The minimum absolute atomic E-state index is 0.0107. The molecule has 0 saturated carbocycles. The predicted octanol–water partition coefficient (Wildman–Crippen LogP) is 3.83. The highest BCUT2D eigenvalue weighted by Gasteiger charge is 2.13. The number of carboxylic acids is 1. The van der Waals surface area contributed by atoms with Crippen molar-refractivity contribution in [3.63, 3.8) is 0 Å². The Balaban J connectivity index is 2.38. The molecule has 0 aliphatic heterocycles. The van der Waals surface area contributed by atoms with E-state index in [9.17, 15) is 4.79 Å². The molecule has 2 rings (SSSR count). The van der Waals surface area contributed by atoms with Crippen molar-refractivity contribution in [3.05, 3.63) is 41.0 Å². The number of nitrogens with zero attached hydrogens (tertiary/aromatic N) is 2. The van der Waals surface area contributed by atoms with Crippen molar-refractivity contribution in [2.45, 2.75) is 24.8 Å². The Bertz CT molecular complexity index is 608. The molecule has 20 heavy (non-hydrogen) atoms. The van der Waals surface area contributed by atoms with Gasteiger partial charge in [-0.15, -0.1) is 0 Å². The summed E-state index contributed by atoms with van der Waals surface area (Å²) >= 11 is 7.15. The van der Waals surface area contributed by atoms with Crippen molar-refractivity contribution in [1.29, 1.82) is 0 Å². The van der Waals surface area contributed by atoms with E-state index in [-0.39, 0.29) is 11.7 Å². The second-order valence-corrected chi connectivity index (χ2v) is 6.06. The summed E-state index contributed by atoms with van der Waals surface area (Å²) in [5.41, 5.74) is 1.81. The van der Waals surface area contributed by atoms with Crippen LogP contribution < -0.4 is 0 Å². The second kappa shape index (κ2) is 6.33. The van der Waals surface area contributed by atoms with Crippen LogP contribution in [-0.2, 0) is 4.79 Å². The summed E-state index contributed by atoms with van der Waals surface area (Å²) in [5.74, 6) is -0.547. The molecule has 0 aliphatic carbocycles. The molecule has 106 valence electrons. The topological polar surface area (TPSA) is 55.1 Å². The smallest absolute Gasteiger partial charge is 0.313 e. The van der Waals surface area contributed by atoms with Gasteiger partial charge in [-0.25, -0.2) is 4.68 Å². The molecule has 0 fully saturated rings. The highest BCUT2D eigenvalue weighted by Crippen LogP contribution is 2.26. The lowest BCUT2D eigenvalue weighted by atomic mass is 10.1. The SMILES string of the molecule is CC(C)c1cc(SCC(=O)O)n(-c2ccc(Cl)cc2)n1. The molecule has 0 saturated heterocycles. The van der Waals surface area contributed by atoms with Crippen molar-refractivity contribution in [2.75, 3.05) is 5.75 Å². The fourth-order valence-corrected chi connectivity index (χ4v) is 2.54. The number of carboxylic acid groups (broad SMARTS) is 1. The zero-order chi connectivity index (χ0) is 14.7. The minimum atomic E-state index is -0.843. The summed E-state index contributed by atoms with van der Waals surface area (Å²) in [6.45, 7) is 4.11. The maximum Gasteiger partial charge on any atom is 0.313 e. The second-order valence-electron chi connectivity index (χ2n) is 4.63. The lowest BCUT2D eigenvalue weighted by Crippen LogP contribution is -2.02. The molecule has 0 unspecified atom stereocenters. The van der Waals surface area contributed by atoms with E-state index in [0.717, 1.165) is 16.4 Å². The van der Waals surface area contributed by atoms with Gasteiger partial charge in [-0.3, -0.25) is 4.79 Å². The maximum atomic E-state index is 10.7. The van der Waals surface area contributed by atoms with Crippen LogP contribution in [-0.4, -0.2) is 26.6 Å². The molecule has 0 spiro atoms. The standard InChI is InChI=1S/C14H15ClN2O2S/c1-9(2)12-7-13(20-8-14(18)19)17(16-12)11-5-3-10(15)4-6-11/h3-7,9H,8H2,1-2H3,(H,18,19). The number of thioether (sulfide) groups is 1. The van der Waals surface area contributed by atoms with E-state index in [1.54, 1.807) is 16.8 Å². The van der Waals surface area contributed by atoms with Gasteiger partial charge in [0.25, 0.3) is 0 Å². The molecule has 1 aromatic heterocycles. The van der Waals surface area contributed by atoms with E-state index in [4.69, 9.17) is 16.7 Å². The van der Waals surface area contributed by atoms with E-state index < -0.39 is 5.97 Å². The Morgan fingerprint density at radius 3 is 2.60 bits per heavy atom. The van der Waals surface area contributed by atoms with Gasteiger partial charge in [-0.1, -0.05) is 37.2 Å². The fourth-order valence-electron chi connectivity index (χ4n) is 1.67. The van der Waals surface area contributed by atoms with Crippen LogP contribution >= 0.6 is 23.4 Å². The first-order valence-corrected chi connectivity index (χ1v) is 7.54. The summed E-state index contributed by atoms with van der Waals surface area (Å²) < 4.78 is 1.76. The summed E-state index contributed by atoms with van der Waals surface area (Å²) in [7, 11) is 0. The molecule has 4 nitrogen and oxygen atoms in total. The molecule has 1 heterocycles. The highest BCUT2D eigenvalue weighted by molar-refractivity contribution is 7.99. The average molecular weight is 311 g/mol. The van der Waals surface area contributed by atoms with Crippen LogP contribution in [0.5, 0.6) is 0 Å². The molecule has 1 aromatic carbocycles. The number of hydrogen-bond donors (Lipinski definition) is 1. The van der Waals surface area contributed by atoms with Gasteiger partial charge in [0.05, 0.1) is 17.1 Å². The van der Waals surface area contributed by atoms with Crippen LogP contribution in [0.3, 0.4) is 0 Å². The van der Waals surface area contributed by atoms with Crippen LogP contribution in [0.15, 0.2) is 35.4 Å². The van der Waals surface area contributed by atoms with Gasteiger partial charge in [-0.2, -0.15) is 5.10 Å². The first-order valence-electron chi connectivity index (χ1n) is 6.18. The largest absolute Gasteiger partial charge is 0.481 e. The van der Waals surface area contributed by atoms with Crippen LogP contribution in [0.1, 0.15) is 25.5 Å². The van der Waals surface area contributed by atoms with Crippen LogP contribution in [0.4, 0.5) is 0 Å². The third-order valence-corrected chi connectivity index (χ3v) is 3.93. The van der Waals surface area contributed by atoms with Crippen molar-refractivity contribution in [1.82, 2.24) is 9.78 Å². The first-order chi connectivity index (χ1) is 9.47. The average Bonchev–Trinajstić information content (AvgIpc) is 2.81. The van der Waals surface area contributed by atoms with Gasteiger partial charge in [0, 0.05) is 5.02 Å². The van der Waals surface area contributed by atoms with Crippen LogP contribution in [0, 0.1) is 0 Å². The van der Waals surface area contributed by atoms with E-state index >= 15 is 0 Å². The lowest BCUT2D eigenvalue weighted by molar-refractivity contribution is -0.133. The molecule has 0 aliphatic rings. The predicted molar refractivity (Wildman–Crippen MR) is 81.0 cm³/mol. The first kappa shape index (κ1) is 14.9. The van der Waals surface area contributed by atoms with Gasteiger partial charge in [0.1, 0.15) is 5.03 Å². The minimum Gasteiger partial charge on any atom is -0.481 e. The summed E-state index contributed by atoms with van der Waals surface area (Å²) in [4.78, 5) is 10.7. The molecular weight excluding hydrogens is 296 g/mol. The van der Waals surface area contributed by atoms with E-state index in [1.807, 2.05) is 18.2 Å². The van der Waals surface area contributed by atoms with Gasteiger partial charge < -0.3 is 5.11 Å². The van der Waals surface area contributed by atoms with Gasteiger partial charge >= 0.3 is 5.97 Å². The van der Waals surface area contributed by atoms with E-state index in [0.29, 0.717) is 5.02 Å². The number of hydrogen-bond acceptors (Lipinski definition) is 3. The van der Waals surface area contributed by atoms with Crippen molar-refractivity contribution < 1.29 is 9.90 Å². The maximum absolute atomic E-state index is 10.7. The Labute approximate surface area is 126 Å².